The number of nitrogens with zero attached hydrogens (tertiary/aromatic N) is 1. The molecule has 0 spiro atoms. The van der Waals surface area contributed by atoms with Crippen LogP contribution in [0.4, 0.5) is 0 Å². The number of aromatic nitrogens is 1. The van der Waals surface area contributed by atoms with E-state index < -0.39 is 0 Å². The van der Waals surface area contributed by atoms with Crippen LogP contribution in [0.25, 0.3) is 22.7 Å². The van der Waals surface area contributed by atoms with Crippen LogP contribution in [0.15, 0.2) is 64.4 Å². The monoisotopic (exact) mass is 403 g/mol. The lowest BCUT2D eigenvalue weighted by Crippen LogP contribution is -2.06. The van der Waals surface area contributed by atoms with E-state index in [1.54, 1.807) is 23.5 Å². The molecular formula is C24H21NO3S. The fraction of sp³-hybridized carbons (Fsp3) is 0.167. The smallest absolute Gasteiger partial charge is 0.231 e. The van der Waals surface area contributed by atoms with E-state index in [1.807, 2.05) is 74.7 Å². The van der Waals surface area contributed by atoms with Crippen LogP contribution in [0, 0.1) is 6.92 Å². The van der Waals surface area contributed by atoms with Gasteiger partial charge in [-0.2, -0.15) is 0 Å². The topological polar surface area (TPSA) is 52.3 Å². The highest BCUT2D eigenvalue weighted by Crippen LogP contribution is 2.29. The van der Waals surface area contributed by atoms with Gasteiger partial charge in [0, 0.05) is 10.4 Å². The third kappa shape index (κ3) is 4.15. The SMILES string of the molecule is Cc1ccsc1C=C(C(=O)c1ccc(OC(C)C)cc1)c1nc2ccccc2o1. The number of benzene rings is 2. The zero-order valence-electron chi connectivity index (χ0n) is 16.5. The molecule has 0 unspecified atom stereocenters. The maximum Gasteiger partial charge on any atom is 0.231 e. The van der Waals surface area contributed by atoms with Crippen molar-refractivity contribution in [2.45, 2.75) is 26.9 Å². The van der Waals surface area contributed by atoms with Gasteiger partial charge in [0.2, 0.25) is 5.89 Å². The molecule has 0 radical (unpaired) electrons. The maximum atomic E-state index is 13.4. The molecule has 0 amide bonds. The molecule has 0 saturated carbocycles. The van der Waals surface area contributed by atoms with Crippen molar-refractivity contribution in [3.05, 3.63) is 81.9 Å². The van der Waals surface area contributed by atoms with Gasteiger partial charge in [-0.3, -0.25) is 4.79 Å². The van der Waals surface area contributed by atoms with Crippen LogP contribution in [0.2, 0.25) is 0 Å². The summed E-state index contributed by atoms with van der Waals surface area (Å²) in [6.45, 7) is 5.96. The van der Waals surface area contributed by atoms with E-state index in [-0.39, 0.29) is 11.9 Å². The predicted molar refractivity (Wildman–Crippen MR) is 117 cm³/mol. The van der Waals surface area contributed by atoms with Crippen molar-refractivity contribution in [3.63, 3.8) is 0 Å². The fourth-order valence-corrected chi connectivity index (χ4v) is 3.85. The number of Topliss-reactive ketones (excluding diaryl/α,β-unsaturated/α-hetero) is 1. The standard InChI is InChI=1S/C24H21NO3S/c1-15(2)27-18-10-8-17(9-11-18)23(26)19(14-22-16(3)12-13-29-22)24-25-20-6-4-5-7-21(20)28-24/h4-15H,1-3H3. The van der Waals surface area contributed by atoms with E-state index in [2.05, 4.69) is 4.98 Å². The third-order valence-electron chi connectivity index (χ3n) is 4.43. The number of carbonyl (C=O) groups is 1. The van der Waals surface area contributed by atoms with Crippen LogP contribution in [0.5, 0.6) is 5.75 Å². The number of thiophene rings is 1. The summed E-state index contributed by atoms with van der Waals surface area (Å²) in [4.78, 5) is 18.9. The molecule has 4 rings (SSSR count). The Hall–Kier alpha value is -3.18. The summed E-state index contributed by atoms with van der Waals surface area (Å²) in [5.74, 6) is 0.921. The number of ether oxygens (including phenoxy) is 1. The molecule has 0 bridgehead atoms. The van der Waals surface area contributed by atoms with Gasteiger partial charge in [0.1, 0.15) is 11.3 Å². The van der Waals surface area contributed by atoms with Crippen molar-refractivity contribution in [1.82, 2.24) is 4.98 Å². The lowest BCUT2D eigenvalue weighted by atomic mass is 10.0. The van der Waals surface area contributed by atoms with E-state index in [9.17, 15) is 4.79 Å². The Balaban J connectivity index is 1.76. The average Bonchev–Trinajstić information content (AvgIpc) is 3.31. The Labute approximate surface area is 173 Å². The summed E-state index contributed by atoms with van der Waals surface area (Å²) in [5.41, 5.74) is 3.49. The van der Waals surface area contributed by atoms with Gasteiger partial charge in [0.15, 0.2) is 11.4 Å². The molecule has 0 aliphatic heterocycles. The second-order valence-corrected chi connectivity index (χ2v) is 7.98. The van der Waals surface area contributed by atoms with Gasteiger partial charge in [0.25, 0.3) is 0 Å². The van der Waals surface area contributed by atoms with Crippen molar-refractivity contribution in [2.24, 2.45) is 0 Å². The fourth-order valence-electron chi connectivity index (χ4n) is 2.99. The molecule has 4 aromatic rings. The van der Waals surface area contributed by atoms with Gasteiger partial charge < -0.3 is 9.15 Å². The minimum atomic E-state index is -0.138. The first-order chi connectivity index (χ1) is 14.0. The Morgan fingerprint density at radius 1 is 1.10 bits per heavy atom. The van der Waals surface area contributed by atoms with Crippen molar-refractivity contribution < 1.29 is 13.9 Å². The summed E-state index contributed by atoms with van der Waals surface area (Å²) in [7, 11) is 0. The van der Waals surface area contributed by atoms with Gasteiger partial charge in [0.05, 0.1) is 11.7 Å². The summed E-state index contributed by atoms with van der Waals surface area (Å²) in [6, 6.07) is 16.7. The van der Waals surface area contributed by atoms with E-state index >= 15 is 0 Å². The molecule has 0 N–H and O–H groups in total. The summed E-state index contributed by atoms with van der Waals surface area (Å²) in [5, 5.41) is 2.01. The molecule has 0 fully saturated rings. The minimum Gasteiger partial charge on any atom is -0.491 e. The highest BCUT2D eigenvalue weighted by atomic mass is 32.1. The zero-order chi connectivity index (χ0) is 20.4. The molecule has 4 nitrogen and oxygen atoms in total. The Morgan fingerprint density at radius 2 is 1.86 bits per heavy atom. The predicted octanol–water partition coefficient (Wildman–Crippen LogP) is 6.41. The van der Waals surface area contributed by atoms with Crippen molar-refractivity contribution in [3.8, 4) is 5.75 Å². The number of aryl methyl sites for hydroxylation is 1. The van der Waals surface area contributed by atoms with Gasteiger partial charge in [-0.15, -0.1) is 11.3 Å². The van der Waals surface area contributed by atoms with Crippen molar-refractivity contribution >= 4 is 39.9 Å². The molecule has 146 valence electrons. The van der Waals surface area contributed by atoms with Gasteiger partial charge in [-0.1, -0.05) is 12.1 Å². The van der Waals surface area contributed by atoms with Crippen LogP contribution >= 0.6 is 11.3 Å². The third-order valence-corrected chi connectivity index (χ3v) is 5.40. The van der Waals surface area contributed by atoms with Crippen molar-refractivity contribution in [1.29, 1.82) is 0 Å². The average molecular weight is 404 g/mol. The zero-order valence-corrected chi connectivity index (χ0v) is 17.3. The number of allylic oxidation sites excluding steroid dienone is 1. The highest BCUT2D eigenvalue weighted by molar-refractivity contribution is 7.11. The minimum absolute atomic E-state index is 0.0774. The van der Waals surface area contributed by atoms with E-state index in [0.29, 0.717) is 22.6 Å². The summed E-state index contributed by atoms with van der Waals surface area (Å²) < 4.78 is 11.6. The largest absolute Gasteiger partial charge is 0.491 e. The lowest BCUT2D eigenvalue weighted by molar-refractivity contribution is 0.105. The first kappa shape index (κ1) is 19.2. The van der Waals surface area contributed by atoms with Crippen molar-refractivity contribution in [2.75, 3.05) is 0 Å². The number of hydrogen-bond acceptors (Lipinski definition) is 5. The molecule has 0 atom stereocenters. The van der Waals surface area contributed by atoms with Gasteiger partial charge >= 0.3 is 0 Å². The first-order valence-corrected chi connectivity index (χ1v) is 10.3. The molecule has 0 aliphatic carbocycles. The second-order valence-electron chi connectivity index (χ2n) is 7.03. The Morgan fingerprint density at radius 3 is 2.52 bits per heavy atom. The number of ketones is 1. The molecule has 0 aliphatic rings. The number of rotatable bonds is 6. The molecular weight excluding hydrogens is 382 g/mol. The normalized spacial score (nSPS) is 11.9. The molecule has 5 heteroatoms. The summed E-state index contributed by atoms with van der Waals surface area (Å²) in [6.07, 6.45) is 1.94. The molecule has 2 heterocycles. The number of fused-ring (bicyclic) bond motifs is 1. The van der Waals surface area contributed by atoms with Crippen LogP contribution in [-0.4, -0.2) is 16.9 Å². The molecule has 0 saturated heterocycles. The first-order valence-electron chi connectivity index (χ1n) is 9.44. The Bertz CT molecular complexity index is 1150. The number of hydrogen-bond donors (Lipinski definition) is 0. The molecule has 29 heavy (non-hydrogen) atoms. The Kier molecular flexibility index (Phi) is 5.32. The number of carbonyl (C=O) groups excluding carboxylic acids is 1. The maximum absolute atomic E-state index is 13.4. The summed E-state index contributed by atoms with van der Waals surface area (Å²) >= 11 is 1.58. The van der Waals surface area contributed by atoms with E-state index in [1.165, 1.54) is 0 Å². The number of para-hydroxylation sites is 2. The van der Waals surface area contributed by atoms with Gasteiger partial charge in [-0.25, -0.2) is 4.98 Å². The second kappa shape index (κ2) is 8.05. The lowest BCUT2D eigenvalue weighted by Gasteiger charge is -2.10. The van der Waals surface area contributed by atoms with Crippen LogP contribution in [-0.2, 0) is 0 Å². The van der Waals surface area contributed by atoms with E-state index in [4.69, 9.17) is 9.15 Å². The van der Waals surface area contributed by atoms with Gasteiger partial charge in [-0.05, 0) is 80.3 Å². The van der Waals surface area contributed by atoms with Crippen LogP contribution in [0.1, 0.15) is 40.5 Å². The van der Waals surface area contributed by atoms with Crippen LogP contribution in [0.3, 0.4) is 0 Å². The van der Waals surface area contributed by atoms with E-state index in [0.717, 1.165) is 21.7 Å². The number of oxazole rings is 1. The highest BCUT2D eigenvalue weighted by Gasteiger charge is 2.21. The molecule has 2 aromatic carbocycles. The molecule has 2 aromatic heterocycles. The quantitative estimate of drug-likeness (QED) is 0.276. The van der Waals surface area contributed by atoms with Crippen LogP contribution < -0.4 is 4.74 Å².